The molecule has 19 nitrogen and oxygen atoms in total. The predicted octanol–water partition coefficient (Wildman–Crippen LogP) is 0.797. The van der Waals surface area contributed by atoms with Crippen molar-refractivity contribution >= 4 is 11.9 Å². The van der Waals surface area contributed by atoms with E-state index < -0.39 is 139 Å². The molecule has 8 aliphatic rings. The van der Waals surface area contributed by atoms with E-state index in [1.165, 1.54) is 12.5 Å². The minimum absolute atomic E-state index is 0.0735. The molecule has 0 aromatic carbocycles. The van der Waals surface area contributed by atoms with Gasteiger partial charge in [0, 0.05) is 5.41 Å². The number of carboxylic acids is 2. The molecule has 11 N–H and O–H groups in total. The Bertz CT molecular complexity index is 1900. The van der Waals surface area contributed by atoms with Crippen molar-refractivity contribution in [3.8, 4) is 0 Å². The van der Waals surface area contributed by atoms with E-state index in [4.69, 9.17) is 28.4 Å². The van der Waals surface area contributed by atoms with Gasteiger partial charge < -0.3 is 84.6 Å². The number of fused-ring (bicyclic) bond motifs is 7. The van der Waals surface area contributed by atoms with Crippen LogP contribution in [0.25, 0.3) is 0 Å². The van der Waals surface area contributed by atoms with Crippen LogP contribution in [0.5, 0.6) is 0 Å². The number of carboxylic acid groups (broad SMARTS) is 2. The topological polar surface area (TPSA) is 312 Å². The molecule has 8 rings (SSSR count). The first kappa shape index (κ1) is 51.4. The normalized spacial score (nSPS) is 55.2. The Morgan fingerprint density at radius 2 is 1.28 bits per heavy atom. The van der Waals surface area contributed by atoms with Crippen LogP contribution in [-0.2, 0) is 38.0 Å². The van der Waals surface area contributed by atoms with Gasteiger partial charge in [0.25, 0.3) is 0 Å². The van der Waals surface area contributed by atoms with Crippen LogP contribution < -0.4 is 0 Å². The van der Waals surface area contributed by atoms with Gasteiger partial charge in [0.1, 0.15) is 61.0 Å². The molecule has 0 bridgehead atoms. The lowest BCUT2D eigenvalue weighted by atomic mass is 9.33. The fraction of sp³-hybridized carbons (Fsp3) is 0.917. The van der Waals surface area contributed by atoms with Crippen molar-refractivity contribution in [1.82, 2.24) is 0 Å². The SMILES string of the molecule is C[C@@H]1O[C@@H](O[C@H]2[C@H](O[C@H]3[C@H](O[C@H]4CC[C@]5(C)[C@H]6CC=C7[C@H]8C[C@](C)(C(=O)O)C[C@@H](O)[C@]8(C)CC[C@@]7(C)[C@]6(C)CC[C@H]5C4(C)C)O[C@H](C(=O)O)[C@@H](O)[C@@H]3O)O[C@H](CO)[C@H](O)[C@@H]2O)[C@H](O)[C@H](O)[C@H]1O. The second kappa shape index (κ2) is 17.7. The monoisotopic (exact) mass is 956 g/mol. The van der Waals surface area contributed by atoms with Gasteiger partial charge in [-0.2, -0.15) is 0 Å². The van der Waals surface area contributed by atoms with E-state index in [0.717, 1.165) is 32.1 Å². The smallest absolute Gasteiger partial charge is 0.335 e. The van der Waals surface area contributed by atoms with E-state index >= 15 is 0 Å². The molecule has 0 aromatic heterocycles. The highest BCUT2D eigenvalue weighted by molar-refractivity contribution is 5.74. The van der Waals surface area contributed by atoms with Gasteiger partial charge in [-0.25, -0.2) is 4.79 Å². The van der Waals surface area contributed by atoms with E-state index in [1.54, 1.807) is 6.92 Å². The number of carbonyl (C=O) groups is 2. The molecule has 5 aliphatic carbocycles. The Labute approximate surface area is 391 Å². The lowest BCUT2D eigenvalue weighted by Gasteiger charge is -2.71. The van der Waals surface area contributed by atoms with E-state index in [0.29, 0.717) is 19.3 Å². The summed E-state index contributed by atoms with van der Waals surface area (Å²) in [5.74, 6) is -2.23. The molecule has 3 aliphatic heterocycles. The first-order valence-corrected chi connectivity index (χ1v) is 24.3. The fourth-order valence-corrected chi connectivity index (χ4v) is 15.1. The summed E-state index contributed by atoms with van der Waals surface area (Å²) in [6.07, 6.45) is -18.9. The van der Waals surface area contributed by atoms with Crippen LogP contribution in [-0.4, -0.2) is 179 Å². The molecule has 25 atom stereocenters. The molecule has 3 saturated heterocycles. The molecule has 4 saturated carbocycles. The maximum atomic E-state index is 12.6. The zero-order chi connectivity index (χ0) is 49.3. The summed E-state index contributed by atoms with van der Waals surface area (Å²) in [6.45, 7) is 15.8. The van der Waals surface area contributed by atoms with E-state index in [-0.39, 0.29) is 40.4 Å². The molecule has 0 radical (unpaired) electrons. The molecule has 7 fully saturated rings. The number of rotatable bonds is 9. The van der Waals surface area contributed by atoms with Crippen molar-refractivity contribution in [1.29, 1.82) is 0 Å². The van der Waals surface area contributed by atoms with Crippen molar-refractivity contribution in [2.75, 3.05) is 6.61 Å². The average molecular weight is 957 g/mol. The Morgan fingerprint density at radius 1 is 0.657 bits per heavy atom. The van der Waals surface area contributed by atoms with Gasteiger partial charge in [-0.05, 0) is 111 Å². The van der Waals surface area contributed by atoms with Gasteiger partial charge in [-0.1, -0.05) is 53.2 Å². The summed E-state index contributed by atoms with van der Waals surface area (Å²) in [4.78, 5) is 25.1. The number of aliphatic hydroxyl groups is 9. The van der Waals surface area contributed by atoms with Crippen LogP contribution in [0.4, 0.5) is 0 Å². The van der Waals surface area contributed by atoms with Crippen LogP contribution in [0.15, 0.2) is 11.6 Å². The highest BCUT2D eigenvalue weighted by Crippen LogP contribution is 2.76. The van der Waals surface area contributed by atoms with Crippen molar-refractivity contribution in [2.24, 2.45) is 50.2 Å². The van der Waals surface area contributed by atoms with Crippen LogP contribution in [0.2, 0.25) is 0 Å². The summed E-state index contributed by atoms with van der Waals surface area (Å²) in [6, 6.07) is 0. The molecule has 0 amide bonds. The molecule has 67 heavy (non-hydrogen) atoms. The third-order valence-corrected chi connectivity index (χ3v) is 19.7. The number of hydrogen-bond acceptors (Lipinski definition) is 17. The van der Waals surface area contributed by atoms with Gasteiger partial charge in [0.15, 0.2) is 25.0 Å². The number of aliphatic hydroxyl groups excluding tert-OH is 9. The summed E-state index contributed by atoms with van der Waals surface area (Å²) in [5, 5.41) is 119. The zero-order valence-corrected chi connectivity index (χ0v) is 39.9. The first-order chi connectivity index (χ1) is 31.1. The minimum Gasteiger partial charge on any atom is -0.481 e. The third-order valence-electron chi connectivity index (χ3n) is 19.7. The van der Waals surface area contributed by atoms with Gasteiger partial charge in [-0.3, -0.25) is 4.79 Å². The van der Waals surface area contributed by atoms with Gasteiger partial charge in [0.05, 0.1) is 30.3 Å². The lowest BCUT2D eigenvalue weighted by Crippen LogP contribution is -2.68. The quantitative estimate of drug-likeness (QED) is 0.112. The predicted molar refractivity (Wildman–Crippen MR) is 231 cm³/mol. The number of allylic oxidation sites excluding steroid dienone is 2. The van der Waals surface area contributed by atoms with E-state index in [9.17, 15) is 65.8 Å². The minimum atomic E-state index is -2.05. The molecular weight excluding hydrogens is 881 g/mol. The Morgan fingerprint density at radius 3 is 1.91 bits per heavy atom. The number of aliphatic carboxylic acids is 2. The molecule has 19 heteroatoms. The highest BCUT2D eigenvalue weighted by atomic mass is 16.8. The van der Waals surface area contributed by atoms with Crippen LogP contribution in [0.3, 0.4) is 0 Å². The largest absolute Gasteiger partial charge is 0.481 e. The van der Waals surface area contributed by atoms with Crippen molar-refractivity contribution < 1.29 is 94.2 Å². The Kier molecular flexibility index (Phi) is 13.6. The fourth-order valence-electron chi connectivity index (χ4n) is 15.1. The first-order valence-electron chi connectivity index (χ1n) is 24.3. The van der Waals surface area contributed by atoms with E-state index in [2.05, 4.69) is 47.6 Å². The average Bonchev–Trinajstić information content (AvgIpc) is 3.25. The summed E-state index contributed by atoms with van der Waals surface area (Å²) in [7, 11) is 0. The van der Waals surface area contributed by atoms with Crippen LogP contribution in [0.1, 0.15) is 113 Å². The van der Waals surface area contributed by atoms with Gasteiger partial charge in [0.2, 0.25) is 0 Å². The molecule has 0 aromatic rings. The lowest BCUT2D eigenvalue weighted by molar-refractivity contribution is -0.395. The zero-order valence-electron chi connectivity index (χ0n) is 39.9. The molecule has 3 heterocycles. The number of ether oxygens (including phenoxy) is 6. The molecule has 0 spiro atoms. The molecular formula is C48H76O19. The van der Waals surface area contributed by atoms with Crippen molar-refractivity contribution in [3.63, 3.8) is 0 Å². The molecule has 0 unspecified atom stereocenters. The number of hydrogen-bond donors (Lipinski definition) is 11. The molecule has 382 valence electrons. The van der Waals surface area contributed by atoms with Crippen LogP contribution >= 0.6 is 0 Å². The van der Waals surface area contributed by atoms with Gasteiger partial charge >= 0.3 is 11.9 Å². The van der Waals surface area contributed by atoms with Crippen molar-refractivity contribution in [2.45, 2.75) is 218 Å². The maximum absolute atomic E-state index is 12.6. The van der Waals surface area contributed by atoms with E-state index in [1.807, 2.05) is 0 Å². The summed E-state index contributed by atoms with van der Waals surface area (Å²) >= 11 is 0. The second-order valence-corrected chi connectivity index (χ2v) is 23.5. The Hall–Kier alpha value is -1.92. The second-order valence-electron chi connectivity index (χ2n) is 23.5. The summed E-state index contributed by atoms with van der Waals surface area (Å²) < 4.78 is 36.3. The maximum Gasteiger partial charge on any atom is 0.335 e. The summed E-state index contributed by atoms with van der Waals surface area (Å²) in [5.41, 5.74) is -1.39. The van der Waals surface area contributed by atoms with Gasteiger partial charge in [-0.15, -0.1) is 0 Å². The highest BCUT2D eigenvalue weighted by Gasteiger charge is 2.70. The van der Waals surface area contributed by atoms with Crippen molar-refractivity contribution in [3.05, 3.63) is 11.6 Å². The van der Waals surface area contributed by atoms with Crippen LogP contribution in [0, 0.1) is 50.2 Å². The third kappa shape index (κ3) is 7.88. The Balaban J connectivity index is 1.06. The standard InChI is InChI=1S/C48H76O19/c1-20-28(51)30(53)34(57)39(62-20)66-36-31(54)29(52)23(19-49)63-40(36)67-37-33(56)32(55)35(38(58)59)65-41(37)64-27-12-13-46(6)24(43(27,2)3)11-14-48(8)25(46)10-9-21-22-17-44(4,42(60)61)18-26(50)45(22,5)15-16-47(21,48)7/h9,20,22-37,39-41,49-57H,10-19H2,1-8H3,(H,58,59)(H,60,61)/t20-,22+,23+,24-,25+,26+,27-,28-,29-,30+,31-,32-,33-,34+,35-,36+,37+,39-,40-,41+,44-,45+,46-,47+,48+/m0/s1.